The number of imide groups is 1. The van der Waals surface area contributed by atoms with Gasteiger partial charge in [-0.1, -0.05) is 17.7 Å². The van der Waals surface area contributed by atoms with Crippen molar-refractivity contribution in [3.63, 3.8) is 0 Å². The number of ether oxygens (including phenoxy) is 1. The van der Waals surface area contributed by atoms with Gasteiger partial charge in [-0.25, -0.2) is 0 Å². The standard InChI is InChI=1S/C20H21ClN2O5/c21-13-2-1-3-14(9-13)22-15(24)10-28-16(25)6-7-23-19(26)17-11-4-5-12(8-11)18(17)20(23)27/h1-3,9,11-12,17-18H,4-8,10H2,(H,22,24)/t11-,12+,17-,18-/m0/s1. The molecule has 1 aromatic rings. The molecule has 0 aromatic heterocycles. The maximum Gasteiger partial charge on any atom is 0.308 e. The van der Waals surface area contributed by atoms with Gasteiger partial charge in [0.25, 0.3) is 5.91 Å². The van der Waals surface area contributed by atoms with Crippen molar-refractivity contribution >= 4 is 41.0 Å². The normalized spacial score (nSPS) is 27.8. The number of nitrogens with zero attached hydrogens (tertiary/aromatic N) is 1. The van der Waals surface area contributed by atoms with Gasteiger partial charge in [-0.2, -0.15) is 0 Å². The number of benzene rings is 1. The van der Waals surface area contributed by atoms with Crippen molar-refractivity contribution in [2.45, 2.75) is 25.7 Å². The summed E-state index contributed by atoms with van der Waals surface area (Å²) < 4.78 is 4.95. The fourth-order valence-corrected chi connectivity index (χ4v) is 5.07. The number of likely N-dealkylation sites (tertiary alicyclic amines) is 1. The highest BCUT2D eigenvalue weighted by Gasteiger charge is 2.60. The predicted octanol–water partition coefficient (Wildman–Crippen LogP) is 2.24. The zero-order chi connectivity index (χ0) is 19.8. The summed E-state index contributed by atoms with van der Waals surface area (Å²) in [7, 11) is 0. The number of rotatable bonds is 6. The molecule has 2 bridgehead atoms. The third kappa shape index (κ3) is 3.51. The molecule has 1 heterocycles. The van der Waals surface area contributed by atoms with E-state index in [-0.39, 0.29) is 36.6 Å². The molecule has 3 amide bonds. The summed E-state index contributed by atoms with van der Waals surface area (Å²) in [5.74, 6) is -1.15. The van der Waals surface area contributed by atoms with Gasteiger partial charge in [0.2, 0.25) is 11.8 Å². The molecule has 0 radical (unpaired) electrons. The van der Waals surface area contributed by atoms with Crippen LogP contribution in [0.1, 0.15) is 25.7 Å². The third-order valence-electron chi connectivity index (χ3n) is 6.03. The largest absolute Gasteiger partial charge is 0.456 e. The van der Waals surface area contributed by atoms with E-state index in [1.807, 2.05) is 0 Å². The summed E-state index contributed by atoms with van der Waals surface area (Å²) in [5.41, 5.74) is 0.503. The summed E-state index contributed by atoms with van der Waals surface area (Å²) >= 11 is 5.84. The van der Waals surface area contributed by atoms with Gasteiger partial charge >= 0.3 is 5.97 Å². The summed E-state index contributed by atoms with van der Waals surface area (Å²) in [5, 5.41) is 3.05. The fourth-order valence-electron chi connectivity index (χ4n) is 4.88. The SMILES string of the molecule is O=C(COC(=O)CCN1C(=O)[C@H]2[C@@H]3CC[C@@H](C3)[C@@H]2C1=O)Nc1cccc(Cl)c1. The molecular weight excluding hydrogens is 384 g/mol. The van der Waals surface area contributed by atoms with Gasteiger partial charge < -0.3 is 10.1 Å². The number of fused-ring (bicyclic) bond motifs is 5. The summed E-state index contributed by atoms with van der Waals surface area (Å²) in [6, 6.07) is 6.61. The van der Waals surface area contributed by atoms with Crippen molar-refractivity contribution in [3.8, 4) is 0 Å². The number of hydrogen-bond donors (Lipinski definition) is 1. The van der Waals surface area contributed by atoms with Crippen molar-refractivity contribution < 1.29 is 23.9 Å². The number of nitrogens with one attached hydrogen (secondary N) is 1. The Morgan fingerprint density at radius 2 is 1.82 bits per heavy atom. The molecule has 148 valence electrons. The number of amides is 3. The lowest BCUT2D eigenvalue weighted by Gasteiger charge is -2.19. The molecule has 2 saturated carbocycles. The predicted molar refractivity (Wildman–Crippen MR) is 100 cm³/mol. The van der Waals surface area contributed by atoms with Crippen molar-refractivity contribution in [1.29, 1.82) is 0 Å². The van der Waals surface area contributed by atoms with Gasteiger partial charge in [0.05, 0.1) is 18.3 Å². The summed E-state index contributed by atoms with van der Waals surface area (Å²) in [6.45, 7) is -0.429. The lowest BCUT2D eigenvalue weighted by Crippen LogP contribution is -2.35. The minimum Gasteiger partial charge on any atom is -0.456 e. The quantitative estimate of drug-likeness (QED) is 0.579. The van der Waals surface area contributed by atoms with Crippen molar-refractivity contribution in [2.24, 2.45) is 23.7 Å². The molecule has 28 heavy (non-hydrogen) atoms. The number of esters is 1. The number of halogens is 1. The first kappa shape index (κ1) is 18.9. The van der Waals surface area contributed by atoms with Crippen LogP contribution in [-0.4, -0.2) is 41.7 Å². The Bertz CT molecular complexity index is 814. The number of hydrogen-bond acceptors (Lipinski definition) is 5. The van der Waals surface area contributed by atoms with Gasteiger partial charge in [0.1, 0.15) is 0 Å². The molecule has 0 spiro atoms. The van der Waals surface area contributed by atoms with Gasteiger partial charge in [0.15, 0.2) is 6.61 Å². The zero-order valence-electron chi connectivity index (χ0n) is 15.2. The third-order valence-corrected chi connectivity index (χ3v) is 6.27. The minimum atomic E-state index is -0.623. The molecule has 7 nitrogen and oxygen atoms in total. The number of carbonyl (C=O) groups is 4. The molecule has 4 atom stereocenters. The van der Waals surface area contributed by atoms with Gasteiger partial charge in [-0.15, -0.1) is 0 Å². The Labute approximate surface area is 167 Å². The van der Waals surface area contributed by atoms with E-state index in [2.05, 4.69) is 5.32 Å². The van der Waals surface area contributed by atoms with Crippen LogP contribution in [-0.2, 0) is 23.9 Å². The van der Waals surface area contributed by atoms with Crippen LogP contribution in [0, 0.1) is 23.7 Å². The summed E-state index contributed by atoms with van der Waals surface area (Å²) in [6.07, 6.45) is 2.89. The van der Waals surface area contributed by atoms with Crippen molar-refractivity contribution in [2.75, 3.05) is 18.5 Å². The van der Waals surface area contributed by atoms with Gasteiger partial charge in [-0.05, 0) is 49.3 Å². The maximum absolute atomic E-state index is 12.6. The topological polar surface area (TPSA) is 92.8 Å². The highest BCUT2D eigenvalue weighted by molar-refractivity contribution is 6.30. The second-order valence-electron chi connectivity index (χ2n) is 7.68. The van der Waals surface area contributed by atoms with Crippen LogP contribution in [0.25, 0.3) is 0 Å². The molecule has 0 unspecified atom stereocenters. The molecule has 4 rings (SSSR count). The van der Waals surface area contributed by atoms with E-state index in [4.69, 9.17) is 16.3 Å². The molecule has 1 saturated heterocycles. The second-order valence-corrected chi connectivity index (χ2v) is 8.12. The Morgan fingerprint density at radius 1 is 1.14 bits per heavy atom. The Balaban J connectivity index is 1.23. The van der Waals surface area contributed by atoms with Crippen molar-refractivity contribution in [3.05, 3.63) is 29.3 Å². The van der Waals surface area contributed by atoms with Gasteiger partial charge in [0, 0.05) is 17.3 Å². The molecule has 3 fully saturated rings. The van der Waals surface area contributed by atoms with Crippen LogP contribution < -0.4 is 5.32 Å². The van der Waals surface area contributed by atoms with E-state index in [0.717, 1.165) is 19.3 Å². The van der Waals surface area contributed by atoms with Crippen LogP contribution >= 0.6 is 11.6 Å². The molecule has 1 aliphatic heterocycles. The Kier molecular flexibility index (Phi) is 5.10. The summed E-state index contributed by atoms with van der Waals surface area (Å²) in [4.78, 5) is 50.2. The minimum absolute atomic E-state index is 0.0128. The van der Waals surface area contributed by atoms with E-state index >= 15 is 0 Å². The van der Waals surface area contributed by atoms with Crippen LogP contribution in [0.15, 0.2) is 24.3 Å². The Morgan fingerprint density at radius 3 is 2.46 bits per heavy atom. The lowest BCUT2D eigenvalue weighted by atomic mass is 9.81. The van der Waals surface area contributed by atoms with Crippen LogP contribution in [0.4, 0.5) is 5.69 Å². The van der Waals surface area contributed by atoms with E-state index in [1.165, 1.54) is 4.90 Å². The van der Waals surface area contributed by atoms with Crippen LogP contribution in [0.3, 0.4) is 0 Å². The molecule has 2 aliphatic carbocycles. The first-order valence-electron chi connectivity index (χ1n) is 9.50. The average molecular weight is 405 g/mol. The number of anilines is 1. The van der Waals surface area contributed by atoms with Crippen molar-refractivity contribution in [1.82, 2.24) is 4.90 Å². The van der Waals surface area contributed by atoms with E-state index in [1.54, 1.807) is 24.3 Å². The average Bonchev–Trinajstić information content (AvgIpc) is 3.33. The van der Waals surface area contributed by atoms with E-state index in [0.29, 0.717) is 22.5 Å². The van der Waals surface area contributed by atoms with E-state index < -0.39 is 18.5 Å². The number of carbonyl (C=O) groups excluding carboxylic acids is 4. The molecular formula is C20H21ClN2O5. The Hall–Kier alpha value is -2.41. The molecule has 1 N–H and O–H groups in total. The lowest BCUT2D eigenvalue weighted by molar-refractivity contribution is -0.149. The van der Waals surface area contributed by atoms with Crippen LogP contribution in [0.5, 0.6) is 0 Å². The van der Waals surface area contributed by atoms with Gasteiger partial charge in [-0.3, -0.25) is 24.1 Å². The molecule has 3 aliphatic rings. The van der Waals surface area contributed by atoms with E-state index in [9.17, 15) is 19.2 Å². The smallest absolute Gasteiger partial charge is 0.308 e. The first-order chi connectivity index (χ1) is 13.4. The highest BCUT2D eigenvalue weighted by atomic mass is 35.5. The monoisotopic (exact) mass is 404 g/mol. The molecule has 8 heteroatoms. The molecule has 1 aromatic carbocycles. The maximum atomic E-state index is 12.6. The zero-order valence-corrected chi connectivity index (χ0v) is 16.0. The second kappa shape index (κ2) is 7.54. The highest BCUT2D eigenvalue weighted by Crippen LogP contribution is 2.56. The first-order valence-corrected chi connectivity index (χ1v) is 9.88. The van der Waals surface area contributed by atoms with Crippen LogP contribution in [0.2, 0.25) is 5.02 Å². The fraction of sp³-hybridized carbons (Fsp3) is 0.500.